The number of rotatable bonds is 8. The Morgan fingerprint density at radius 3 is 2.06 bits per heavy atom. The van der Waals surface area contributed by atoms with Gasteiger partial charge in [0.25, 0.3) is 0 Å². The number of alkyl halides is 5. The van der Waals surface area contributed by atoms with Crippen LogP contribution in [0.25, 0.3) is 11.1 Å². The van der Waals surface area contributed by atoms with Gasteiger partial charge in [0.1, 0.15) is 11.6 Å². The van der Waals surface area contributed by atoms with Crippen molar-refractivity contribution >= 4 is 0 Å². The molecular weight excluding hydrogens is 465 g/mol. The third kappa shape index (κ3) is 6.52. The molecule has 0 fully saturated rings. The van der Waals surface area contributed by atoms with Gasteiger partial charge in [0.2, 0.25) is 0 Å². The summed E-state index contributed by atoms with van der Waals surface area (Å²) in [6.07, 6.45) is -7.03. The standard InChI is InChI=1S/C25H19F7O2/c1-2-3-16-4-6-17(7-5-16)18-8-10-20(21(26)14-18)25(31,32)34-19-9-11-23(22(27)15-19)33-13-12-24(28,29)30/h4-15H,2-3H2,1H3/b13-12+. The maximum absolute atomic E-state index is 14.6. The van der Waals surface area contributed by atoms with Crippen molar-refractivity contribution in [2.45, 2.75) is 32.1 Å². The zero-order valence-electron chi connectivity index (χ0n) is 17.8. The summed E-state index contributed by atoms with van der Waals surface area (Å²) in [4.78, 5) is 0. The van der Waals surface area contributed by atoms with Gasteiger partial charge in [-0.15, -0.1) is 0 Å². The molecule has 0 N–H and O–H groups in total. The first-order chi connectivity index (χ1) is 16.0. The molecule has 0 aromatic heterocycles. The molecule has 3 rings (SSSR count). The molecule has 0 saturated heterocycles. The van der Waals surface area contributed by atoms with Gasteiger partial charge in [-0.05, 0) is 47.4 Å². The summed E-state index contributed by atoms with van der Waals surface area (Å²) >= 11 is 0. The number of allylic oxidation sites excluding steroid dienone is 1. The maximum Gasteiger partial charge on any atom is 0.429 e. The Hall–Kier alpha value is -3.49. The molecule has 0 amide bonds. The normalized spacial score (nSPS) is 12.2. The van der Waals surface area contributed by atoms with Gasteiger partial charge in [0.15, 0.2) is 11.6 Å². The lowest BCUT2D eigenvalue weighted by atomic mass is 10.0. The van der Waals surface area contributed by atoms with Crippen LogP contribution in [0, 0.1) is 11.6 Å². The predicted molar refractivity (Wildman–Crippen MR) is 113 cm³/mol. The number of halogens is 7. The molecule has 2 nitrogen and oxygen atoms in total. The number of hydrogen-bond donors (Lipinski definition) is 0. The number of ether oxygens (including phenoxy) is 2. The van der Waals surface area contributed by atoms with Crippen LogP contribution in [0.3, 0.4) is 0 Å². The van der Waals surface area contributed by atoms with Crippen molar-refractivity contribution in [3.63, 3.8) is 0 Å². The van der Waals surface area contributed by atoms with Gasteiger partial charge in [-0.3, -0.25) is 0 Å². The van der Waals surface area contributed by atoms with E-state index in [1.54, 1.807) is 12.1 Å². The van der Waals surface area contributed by atoms with Gasteiger partial charge >= 0.3 is 12.3 Å². The Labute approximate surface area is 191 Å². The van der Waals surface area contributed by atoms with E-state index < -0.39 is 41.0 Å². The molecule has 9 heteroatoms. The van der Waals surface area contributed by atoms with Crippen LogP contribution in [0.5, 0.6) is 11.5 Å². The second kappa shape index (κ2) is 10.2. The van der Waals surface area contributed by atoms with E-state index in [1.165, 1.54) is 6.07 Å². The van der Waals surface area contributed by atoms with E-state index in [1.807, 2.05) is 19.1 Å². The summed E-state index contributed by atoms with van der Waals surface area (Å²) in [6.45, 7) is 2.04. The molecule has 0 atom stereocenters. The van der Waals surface area contributed by atoms with Crippen molar-refractivity contribution in [1.29, 1.82) is 0 Å². The molecule has 0 spiro atoms. The zero-order valence-corrected chi connectivity index (χ0v) is 17.8. The highest BCUT2D eigenvalue weighted by molar-refractivity contribution is 5.64. The number of benzene rings is 3. The number of hydrogen-bond acceptors (Lipinski definition) is 2. The fraction of sp³-hybridized carbons (Fsp3) is 0.200. The highest BCUT2D eigenvalue weighted by Gasteiger charge is 2.38. The molecule has 3 aromatic carbocycles. The van der Waals surface area contributed by atoms with Crippen LogP contribution in [0.2, 0.25) is 0 Å². The Morgan fingerprint density at radius 1 is 0.794 bits per heavy atom. The molecule has 0 aliphatic carbocycles. The minimum atomic E-state index is -4.67. The highest BCUT2D eigenvalue weighted by Crippen LogP contribution is 2.36. The van der Waals surface area contributed by atoms with Crippen molar-refractivity contribution in [1.82, 2.24) is 0 Å². The molecule has 0 radical (unpaired) electrons. The average molecular weight is 484 g/mol. The molecule has 0 aliphatic rings. The van der Waals surface area contributed by atoms with E-state index in [4.69, 9.17) is 0 Å². The highest BCUT2D eigenvalue weighted by atomic mass is 19.4. The van der Waals surface area contributed by atoms with E-state index in [-0.39, 0.29) is 12.3 Å². The molecule has 0 aliphatic heterocycles. The molecule has 0 bridgehead atoms. The Kier molecular flexibility index (Phi) is 7.54. The molecule has 180 valence electrons. The van der Waals surface area contributed by atoms with Gasteiger partial charge in [-0.2, -0.15) is 22.0 Å². The Balaban J connectivity index is 1.75. The first-order valence-electron chi connectivity index (χ1n) is 10.2. The summed E-state index contributed by atoms with van der Waals surface area (Å²) in [7, 11) is 0. The first kappa shape index (κ1) is 25.1. The minimum Gasteiger partial charge on any atom is -0.462 e. The summed E-state index contributed by atoms with van der Waals surface area (Å²) in [5.41, 5.74) is 1.07. The molecule has 0 saturated carbocycles. The molecule has 0 heterocycles. The van der Waals surface area contributed by atoms with Crippen LogP contribution < -0.4 is 9.47 Å². The van der Waals surface area contributed by atoms with Crippen molar-refractivity contribution in [3.05, 3.63) is 95.8 Å². The summed E-state index contributed by atoms with van der Waals surface area (Å²) in [5, 5.41) is 0. The van der Waals surface area contributed by atoms with Gasteiger partial charge in [0.05, 0.1) is 17.9 Å². The quantitative estimate of drug-likeness (QED) is 0.237. The van der Waals surface area contributed by atoms with E-state index >= 15 is 0 Å². The van der Waals surface area contributed by atoms with Crippen molar-refractivity contribution in [3.8, 4) is 22.6 Å². The van der Waals surface area contributed by atoms with Crippen molar-refractivity contribution in [2.24, 2.45) is 0 Å². The lowest BCUT2D eigenvalue weighted by Gasteiger charge is -2.19. The van der Waals surface area contributed by atoms with E-state index in [0.717, 1.165) is 42.7 Å². The monoisotopic (exact) mass is 484 g/mol. The van der Waals surface area contributed by atoms with Gasteiger partial charge in [0, 0.05) is 6.07 Å². The van der Waals surface area contributed by atoms with Crippen LogP contribution in [-0.4, -0.2) is 6.18 Å². The summed E-state index contributed by atoms with van der Waals surface area (Å²) in [6, 6.07) is 12.6. The second-order valence-electron chi connectivity index (χ2n) is 7.31. The lowest BCUT2D eigenvalue weighted by Crippen LogP contribution is -2.23. The maximum atomic E-state index is 14.6. The molecule has 3 aromatic rings. The largest absolute Gasteiger partial charge is 0.462 e. The van der Waals surface area contributed by atoms with Crippen LogP contribution >= 0.6 is 0 Å². The number of aryl methyl sites for hydroxylation is 1. The van der Waals surface area contributed by atoms with Gasteiger partial charge in [-0.1, -0.05) is 43.7 Å². The topological polar surface area (TPSA) is 18.5 Å². The fourth-order valence-corrected chi connectivity index (χ4v) is 3.11. The van der Waals surface area contributed by atoms with Crippen molar-refractivity contribution in [2.75, 3.05) is 0 Å². The molecule has 0 unspecified atom stereocenters. The Bertz CT molecular complexity index is 1150. The fourth-order valence-electron chi connectivity index (χ4n) is 3.11. The summed E-state index contributed by atoms with van der Waals surface area (Å²) in [5.74, 6) is -3.79. The van der Waals surface area contributed by atoms with E-state index in [9.17, 15) is 30.7 Å². The SMILES string of the molecule is CCCc1ccc(-c2ccc(C(F)(F)Oc3ccc(O/C=C/C(F)(F)F)c(F)c3)c(F)c2)cc1. The zero-order chi connectivity index (χ0) is 24.9. The molecule has 34 heavy (non-hydrogen) atoms. The predicted octanol–water partition coefficient (Wildman–Crippen LogP) is 8.17. The summed E-state index contributed by atoms with van der Waals surface area (Å²) < 4.78 is 103. The van der Waals surface area contributed by atoms with Crippen molar-refractivity contribution < 1.29 is 40.2 Å². The van der Waals surface area contributed by atoms with Gasteiger partial charge in [-0.25, -0.2) is 8.78 Å². The van der Waals surface area contributed by atoms with Crippen LogP contribution in [0.1, 0.15) is 24.5 Å². The van der Waals surface area contributed by atoms with Crippen LogP contribution in [0.4, 0.5) is 30.7 Å². The Morgan fingerprint density at radius 2 is 1.47 bits per heavy atom. The molecular formula is C25H19F7O2. The van der Waals surface area contributed by atoms with E-state index in [2.05, 4.69) is 9.47 Å². The van der Waals surface area contributed by atoms with E-state index in [0.29, 0.717) is 17.2 Å². The third-order valence-electron chi connectivity index (χ3n) is 4.71. The average Bonchev–Trinajstić information content (AvgIpc) is 2.75. The van der Waals surface area contributed by atoms with Crippen LogP contribution in [-0.2, 0) is 12.5 Å². The lowest BCUT2D eigenvalue weighted by molar-refractivity contribution is -0.187. The second-order valence-corrected chi connectivity index (χ2v) is 7.31. The van der Waals surface area contributed by atoms with Gasteiger partial charge < -0.3 is 9.47 Å². The first-order valence-corrected chi connectivity index (χ1v) is 10.2. The third-order valence-corrected chi connectivity index (χ3v) is 4.71. The van der Waals surface area contributed by atoms with Crippen LogP contribution in [0.15, 0.2) is 73.0 Å². The smallest absolute Gasteiger partial charge is 0.429 e. The minimum absolute atomic E-state index is 0.210.